The smallest absolute Gasteiger partial charge is 0.404 e. The number of rotatable bonds is 2. The molecule has 0 spiro atoms. The van der Waals surface area contributed by atoms with E-state index < -0.39 is 24.6 Å². The Balaban J connectivity index is 0. The van der Waals surface area contributed by atoms with Crippen molar-refractivity contribution in [3.05, 3.63) is 0 Å². The minimum Gasteiger partial charge on any atom is -0.481 e. The van der Waals surface area contributed by atoms with E-state index in [1.165, 1.54) is 0 Å². The average Bonchev–Trinajstić information content (AvgIpc) is 1.60. The molecule has 0 aromatic rings. The first-order chi connectivity index (χ1) is 4.34. The van der Waals surface area contributed by atoms with Gasteiger partial charge >= 0.3 is 12.1 Å². The van der Waals surface area contributed by atoms with E-state index in [4.69, 9.17) is 5.11 Å². The lowest BCUT2D eigenvalue weighted by atomic mass is 10.2. The van der Waals surface area contributed by atoms with Crippen LogP contribution in [-0.4, -0.2) is 23.3 Å². The number of carboxylic acid groups (broad SMARTS) is 1. The molecule has 68 valence electrons. The molecule has 0 rings (SSSR count). The van der Waals surface area contributed by atoms with Crippen molar-refractivity contribution in [2.75, 3.05) is 0 Å². The highest BCUT2D eigenvalue weighted by atomic mass is 35.5. The molecule has 0 aliphatic heterocycles. The number of carbonyl (C=O) groups is 1. The van der Waals surface area contributed by atoms with Crippen LogP contribution in [0, 0.1) is 0 Å². The fourth-order valence-corrected chi connectivity index (χ4v) is 0.304. The molecule has 0 radical (unpaired) electrons. The van der Waals surface area contributed by atoms with E-state index in [1.807, 2.05) is 0 Å². The lowest BCUT2D eigenvalue weighted by Gasteiger charge is -2.12. The summed E-state index contributed by atoms with van der Waals surface area (Å²) in [5.74, 6) is -1.55. The van der Waals surface area contributed by atoms with Gasteiger partial charge in [-0.1, -0.05) is 0 Å². The van der Waals surface area contributed by atoms with Gasteiger partial charge in [0.1, 0.15) is 6.04 Å². The lowest BCUT2D eigenvalue weighted by molar-refractivity contribution is -0.161. The lowest BCUT2D eigenvalue weighted by Crippen LogP contribution is -2.38. The Bertz CT molecular complexity index is 138. The second-order valence-corrected chi connectivity index (χ2v) is 1.75. The summed E-state index contributed by atoms with van der Waals surface area (Å²) in [7, 11) is 0. The first-order valence-electron chi connectivity index (χ1n) is 2.38. The molecule has 0 saturated heterocycles. The second kappa shape index (κ2) is 4.40. The van der Waals surface area contributed by atoms with E-state index in [2.05, 4.69) is 5.73 Å². The molecule has 3 nitrogen and oxygen atoms in total. The molecule has 1 unspecified atom stereocenters. The SMILES string of the molecule is Cl.NC(CC(=O)O)C(F)(F)F. The Morgan fingerprint density at radius 1 is 1.55 bits per heavy atom. The number of hydrogen-bond donors (Lipinski definition) is 2. The average molecular weight is 194 g/mol. The van der Waals surface area contributed by atoms with Gasteiger partial charge in [-0.15, -0.1) is 12.4 Å². The first-order valence-corrected chi connectivity index (χ1v) is 2.38. The van der Waals surface area contributed by atoms with Crippen LogP contribution >= 0.6 is 12.4 Å². The second-order valence-electron chi connectivity index (χ2n) is 1.75. The summed E-state index contributed by atoms with van der Waals surface area (Å²) >= 11 is 0. The van der Waals surface area contributed by atoms with Crippen molar-refractivity contribution >= 4 is 18.4 Å². The summed E-state index contributed by atoms with van der Waals surface area (Å²) < 4.78 is 34.3. The molecule has 0 aliphatic carbocycles. The Labute approximate surface area is 66.8 Å². The zero-order chi connectivity index (χ0) is 8.36. The highest BCUT2D eigenvalue weighted by molar-refractivity contribution is 5.85. The number of hydrogen-bond acceptors (Lipinski definition) is 2. The van der Waals surface area contributed by atoms with Gasteiger partial charge in [0, 0.05) is 0 Å². The van der Waals surface area contributed by atoms with Crippen LogP contribution in [0.2, 0.25) is 0 Å². The van der Waals surface area contributed by atoms with Crippen LogP contribution in [0.25, 0.3) is 0 Å². The molecule has 0 fully saturated rings. The third kappa shape index (κ3) is 5.93. The van der Waals surface area contributed by atoms with E-state index in [9.17, 15) is 18.0 Å². The molecular weight excluding hydrogens is 186 g/mol. The predicted octanol–water partition coefficient (Wildman–Crippen LogP) is 0.772. The van der Waals surface area contributed by atoms with Gasteiger partial charge < -0.3 is 10.8 Å². The van der Waals surface area contributed by atoms with Gasteiger partial charge in [-0.25, -0.2) is 0 Å². The van der Waals surface area contributed by atoms with Crippen LogP contribution in [0.5, 0.6) is 0 Å². The molecule has 0 heterocycles. The minimum atomic E-state index is -4.61. The van der Waals surface area contributed by atoms with Crippen molar-refractivity contribution in [2.45, 2.75) is 18.6 Å². The van der Waals surface area contributed by atoms with Crippen molar-refractivity contribution < 1.29 is 23.1 Å². The highest BCUT2D eigenvalue weighted by Crippen LogP contribution is 2.20. The molecular formula is C4H7ClF3NO2. The number of halogens is 4. The van der Waals surface area contributed by atoms with Crippen LogP contribution in [0.1, 0.15) is 6.42 Å². The standard InChI is InChI=1S/C4H6F3NO2.ClH/c5-4(6,7)2(8)1-3(9)10;/h2H,1,8H2,(H,9,10);1H. The Hall–Kier alpha value is -0.490. The van der Waals surface area contributed by atoms with Gasteiger partial charge in [0.25, 0.3) is 0 Å². The number of carboxylic acids is 1. The summed E-state index contributed by atoms with van der Waals surface area (Å²) in [5.41, 5.74) is 4.45. The van der Waals surface area contributed by atoms with Crippen LogP contribution in [-0.2, 0) is 4.79 Å². The van der Waals surface area contributed by atoms with Gasteiger partial charge in [-0.05, 0) is 0 Å². The van der Waals surface area contributed by atoms with Crippen LogP contribution < -0.4 is 5.73 Å². The maximum atomic E-state index is 11.4. The van der Waals surface area contributed by atoms with E-state index in [1.54, 1.807) is 0 Å². The van der Waals surface area contributed by atoms with Gasteiger partial charge in [0.05, 0.1) is 6.42 Å². The van der Waals surface area contributed by atoms with Crippen LogP contribution in [0.15, 0.2) is 0 Å². The molecule has 1 atom stereocenters. The molecule has 0 saturated carbocycles. The molecule has 3 N–H and O–H groups in total. The number of alkyl halides is 3. The molecule has 0 aromatic carbocycles. The summed E-state index contributed by atoms with van der Waals surface area (Å²) in [4.78, 5) is 9.68. The predicted molar refractivity (Wildman–Crippen MR) is 33.5 cm³/mol. The highest BCUT2D eigenvalue weighted by Gasteiger charge is 2.37. The third-order valence-corrected chi connectivity index (χ3v) is 0.815. The third-order valence-electron chi connectivity index (χ3n) is 0.815. The van der Waals surface area contributed by atoms with Crippen molar-refractivity contribution in [1.82, 2.24) is 0 Å². The van der Waals surface area contributed by atoms with Crippen molar-refractivity contribution in [3.63, 3.8) is 0 Å². The minimum absolute atomic E-state index is 0. The normalized spacial score (nSPS) is 13.5. The van der Waals surface area contributed by atoms with E-state index in [0.29, 0.717) is 0 Å². The Morgan fingerprint density at radius 2 is 1.91 bits per heavy atom. The van der Waals surface area contributed by atoms with Crippen molar-refractivity contribution in [1.29, 1.82) is 0 Å². The summed E-state index contributed by atoms with van der Waals surface area (Å²) in [6.45, 7) is 0. The van der Waals surface area contributed by atoms with Crippen molar-refractivity contribution in [3.8, 4) is 0 Å². The molecule has 0 amide bonds. The van der Waals surface area contributed by atoms with Gasteiger partial charge in [0.2, 0.25) is 0 Å². The number of aliphatic carboxylic acids is 1. The monoisotopic (exact) mass is 193 g/mol. The summed E-state index contributed by atoms with van der Waals surface area (Å²) in [6.07, 6.45) is -5.69. The zero-order valence-electron chi connectivity index (χ0n) is 5.26. The zero-order valence-corrected chi connectivity index (χ0v) is 6.08. The van der Waals surface area contributed by atoms with Crippen molar-refractivity contribution in [2.24, 2.45) is 5.73 Å². The van der Waals surface area contributed by atoms with Gasteiger partial charge in [0.15, 0.2) is 0 Å². The number of nitrogens with two attached hydrogens (primary N) is 1. The molecule has 0 aliphatic rings. The molecule has 0 bridgehead atoms. The fraction of sp³-hybridized carbons (Fsp3) is 0.750. The maximum Gasteiger partial charge on any atom is 0.404 e. The van der Waals surface area contributed by atoms with E-state index in [-0.39, 0.29) is 12.4 Å². The summed E-state index contributed by atoms with van der Waals surface area (Å²) in [6, 6.07) is -2.26. The van der Waals surface area contributed by atoms with E-state index >= 15 is 0 Å². The fourth-order valence-electron chi connectivity index (χ4n) is 0.304. The van der Waals surface area contributed by atoms with Gasteiger partial charge in [-0.2, -0.15) is 13.2 Å². The quantitative estimate of drug-likeness (QED) is 0.681. The van der Waals surface area contributed by atoms with E-state index in [0.717, 1.165) is 0 Å². The molecule has 11 heavy (non-hydrogen) atoms. The largest absolute Gasteiger partial charge is 0.481 e. The van der Waals surface area contributed by atoms with Crippen LogP contribution in [0.3, 0.4) is 0 Å². The molecule has 7 heteroatoms. The molecule has 0 aromatic heterocycles. The topological polar surface area (TPSA) is 63.3 Å². The Kier molecular flexibility index (Phi) is 5.25. The van der Waals surface area contributed by atoms with Crippen LogP contribution in [0.4, 0.5) is 13.2 Å². The Morgan fingerprint density at radius 3 is 2.00 bits per heavy atom. The first kappa shape index (κ1) is 13.1. The van der Waals surface area contributed by atoms with Gasteiger partial charge in [-0.3, -0.25) is 4.79 Å². The maximum absolute atomic E-state index is 11.4. The summed E-state index contributed by atoms with van der Waals surface area (Å²) in [5, 5.41) is 7.87.